The lowest BCUT2D eigenvalue weighted by molar-refractivity contribution is 0.174. The third-order valence-electron chi connectivity index (χ3n) is 3.66. The van der Waals surface area contributed by atoms with E-state index in [2.05, 4.69) is 29.1 Å². The Morgan fingerprint density at radius 1 is 1.14 bits per heavy atom. The van der Waals surface area contributed by atoms with Gasteiger partial charge in [-0.15, -0.1) is 0 Å². The van der Waals surface area contributed by atoms with Crippen LogP contribution in [-0.2, 0) is 19.4 Å². The molecule has 1 N–H and O–H groups in total. The molecule has 0 aliphatic carbocycles. The molecule has 2 aromatic heterocycles. The number of benzene rings is 1. The summed E-state index contributed by atoms with van der Waals surface area (Å²) in [6.45, 7) is 2.91. The molecule has 3 aromatic rings. The molecule has 3 rings (SSSR count). The summed E-state index contributed by atoms with van der Waals surface area (Å²) in [6, 6.07) is 12.1. The Kier molecular flexibility index (Phi) is 3.97. The summed E-state index contributed by atoms with van der Waals surface area (Å²) in [5.41, 5.74) is 3.14. The van der Waals surface area contributed by atoms with E-state index in [4.69, 9.17) is 0 Å². The second-order valence-corrected chi connectivity index (χ2v) is 5.20. The van der Waals surface area contributed by atoms with Gasteiger partial charge in [0.15, 0.2) is 0 Å². The van der Waals surface area contributed by atoms with Crippen LogP contribution in [0.4, 0.5) is 0 Å². The van der Waals surface area contributed by atoms with Crippen LogP contribution < -0.4 is 0 Å². The molecule has 0 fully saturated rings. The van der Waals surface area contributed by atoms with Crippen LogP contribution in [0.1, 0.15) is 18.2 Å². The number of aryl methyl sites for hydroxylation is 1. The average Bonchev–Trinajstić information content (AvgIpc) is 2.86. The summed E-state index contributed by atoms with van der Waals surface area (Å²) < 4.78 is 1.99. The van der Waals surface area contributed by atoms with Crippen LogP contribution in [0.15, 0.2) is 48.8 Å². The van der Waals surface area contributed by atoms with Gasteiger partial charge in [0.25, 0.3) is 0 Å². The monoisotopic (exact) mass is 281 g/mol. The Hall–Kier alpha value is -2.20. The molecule has 4 nitrogen and oxygen atoms in total. The zero-order valence-corrected chi connectivity index (χ0v) is 12.1. The highest BCUT2D eigenvalue weighted by Crippen LogP contribution is 2.20. The molecule has 0 amide bonds. The summed E-state index contributed by atoms with van der Waals surface area (Å²) in [4.78, 5) is 4.08. The molecule has 1 atom stereocenters. The zero-order chi connectivity index (χ0) is 14.7. The maximum Gasteiger partial charge on any atom is 0.0729 e. The van der Waals surface area contributed by atoms with Gasteiger partial charge in [0, 0.05) is 37.2 Å². The minimum atomic E-state index is -0.446. The molecule has 0 bridgehead atoms. The van der Waals surface area contributed by atoms with Crippen molar-refractivity contribution in [3.63, 3.8) is 0 Å². The second-order valence-electron chi connectivity index (χ2n) is 5.20. The Balaban J connectivity index is 1.81. The van der Waals surface area contributed by atoms with Crippen LogP contribution in [0, 0.1) is 0 Å². The highest BCUT2D eigenvalue weighted by Gasteiger charge is 2.14. The van der Waals surface area contributed by atoms with Crippen LogP contribution in [0.25, 0.3) is 10.9 Å². The van der Waals surface area contributed by atoms with Gasteiger partial charge < -0.3 is 5.11 Å². The van der Waals surface area contributed by atoms with E-state index in [-0.39, 0.29) is 0 Å². The van der Waals surface area contributed by atoms with Crippen molar-refractivity contribution in [3.05, 3.63) is 60.0 Å². The zero-order valence-electron chi connectivity index (χ0n) is 12.1. The summed E-state index contributed by atoms with van der Waals surface area (Å²) in [5.74, 6) is 0. The number of hydrogen-bond donors (Lipinski definition) is 1. The number of rotatable bonds is 5. The van der Waals surface area contributed by atoms with Crippen LogP contribution in [0.3, 0.4) is 0 Å². The second kappa shape index (κ2) is 6.06. The van der Waals surface area contributed by atoms with Gasteiger partial charge in [-0.2, -0.15) is 5.10 Å². The fourth-order valence-corrected chi connectivity index (χ4v) is 2.67. The van der Waals surface area contributed by atoms with Crippen LogP contribution in [-0.4, -0.2) is 26.0 Å². The lowest BCUT2D eigenvalue weighted by atomic mass is 10.0. The Morgan fingerprint density at radius 2 is 2.00 bits per heavy atom. The standard InChI is InChI=1S/C17H19N3O/c1-2-20-17-8-4-3-7-15(17)16(19-20)11-14(21)10-13-6-5-9-18-12-13/h3-9,12,14,21H,2,10-11H2,1H3. The van der Waals surface area contributed by atoms with Gasteiger partial charge in [0.1, 0.15) is 0 Å². The van der Waals surface area contributed by atoms with E-state index in [0.717, 1.165) is 28.7 Å². The minimum absolute atomic E-state index is 0.446. The Bertz CT molecular complexity index is 721. The molecule has 0 aliphatic heterocycles. The van der Waals surface area contributed by atoms with Gasteiger partial charge in [-0.3, -0.25) is 9.67 Å². The molecule has 0 spiro atoms. The molecule has 0 saturated carbocycles. The van der Waals surface area contributed by atoms with Crippen molar-refractivity contribution in [2.45, 2.75) is 32.4 Å². The molecule has 4 heteroatoms. The largest absolute Gasteiger partial charge is 0.392 e. The maximum atomic E-state index is 10.3. The van der Waals surface area contributed by atoms with E-state index in [1.165, 1.54) is 0 Å². The first-order chi connectivity index (χ1) is 10.3. The van der Waals surface area contributed by atoms with Gasteiger partial charge in [0.05, 0.1) is 17.3 Å². The fourth-order valence-electron chi connectivity index (χ4n) is 2.67. The van der Waals surface area contributed by atoms with Crippen molar-refractivity contribution in [2.75, 3.05) is 0 Å². The van der Waals surface area contributed by atoms with E-state index in [1.807, 2.05) is 28.9 Å². The van der Waals surface area contributed by atoms with Crippen LogP contribution >= 0.6 is 0 Å². The number of hydrogen-bond acceptors (Lipinski definition) is 3. The summed E-state index contributed by atoms with van der Waals surface area (Å²) in [6.07, 6.45) is 4.25. The van der Waals surface area contributed by atoms with Crippen molar-refractivity contribution in [1.29, 1.82) is 0 Å². The van der Waals surface area contributed by atoms with E-state index >= 15 is 0 Å². The lowest BCUT2D eigenvalue weighted by Crippen LogP contribution is -2.14. The molecule has 0 aliphatic rings. The lowest BCUT2D eigenvalue weighted by Gasteiger charge is -2.08. The minimum Gasteiger partial charge on any atom is -0.392 e. The van der Waals surface area contributed by atoms with Crippen molar-refractivity contribution in [3.8, 4) is 0 Å². The van der Waals surface area contributed by atoms with Crippen molar-refractivity contribution in [1.82, 2.24) is 14.8 Å². The smallest absolute Gasteiger partial charge is 0.0729 e. The number of aliphatic hydroxyl groups excluding tert-OH is 1. The SMILES string of the molecule is CCn1nc(CC(O)Cc2cccnc2)c2ccccc21. The molecule has 108 valence electrons. The van der Waals surface area contributed by atoms with Gasteiger partial charge in [-0.1, -0.05) is 24.3 Å². The Morgan fingerprint density at radius 3 is 2.76 bits per heavy atom. The third kappa shape index (κ3) is 2.95. The number of fused-ring (bicyclic) bond motifs is 1. The highest BCUT2D eigenvalue weighted by atomic mass is 16.3. The molecule has 21 heavy (non-hydrogen) atoms. The molecule has 0 saturated heterocycles. The van der Waals surface area contributed by atoms with Crippen molar-refractivity contribution >= 4 is 10.9 Å². The highest BCUT2D eigenvalue weighted by molar-refractivity contribution is 5.82. The average molecular weight is 281 g/mol. The first-order valence-electron chi connectivity index (χ1n) is 7.29. The van der Waals surface area contributed by atoms with E-state index in [9.17, 15) is 5.11 Å². The van der Waals surface area contributed by atoms with E-state index in [0.29, 0.717) is 12.8 Å². The first kappa shape index (κ1) is 13.8. The first-order valence-corrected chi connectivity index (χ1v) is 7.29. The number of para-hydroxylation sites is 1. The molecule has 0 radical (unpaired) electrons. The Labute approximate surface area is 124 Å². The quantitative estimate of drug-likeness (QED) is 0.782. The number of pyridine rings is 1. The fraction of sp³-hybridized carbons (Fsp3) is 0.294. The molecular formula is C17H19N3O. The third-order valence-corrected chi connectivity index (χ3v) is 3.66. The molecule has 1 unspecified atom stereocenters. The molecule has 1 aromatic carbocycles. The van der Waals surface area contributed by atoms with Gasteiger partial charge >= 0.3 is 0 Å². The number of aromatic nitrogens is 3. The van der Waals surface area contributed by atoms with E-state index < -0.39 is 6.10 Å². The predicted octanol–water partition coefficient (Wildman–Crippen LogP) is 2.60. The number of aliphatic hydroxyl groups is 1. The summed E-state index contributed by atoms with van der Waals surface area (Å²) in [5, 5.41) is 16.1. The van der Waals surface area contributed by atoms with Crippen LogP contribution in [0.2, 0.25) is 0 Å². The predicted molar refractivity (Wildman–Crippen MR) is 83.1 cm³/mol. The van der Waals surface area contributed by atoms with Gasteiger partial charge in [0.2, 0.25) is 0 Å². The van der Waals surface area contributed by atoms with Crippen molar-refractivity contribution in [2.24, 2.45) is 0 Å². The van der Waals surface area contributed by atoms with Crippen LogP contribution in [0.5, 0.6) is 0 Å². The topological polar surface area (TPSA) is 50.9 Å². The summed E-state index contributed by atoms with van der Waals surface area (Å²) >= 11 is 0. The number of nitrogens with zero attached hydrogens (tertiary/aromatic N) is 3. The van der Waals surface area contributed by atoms with E-state index in [1.54, 1.807) is 12.4 Å². The van der Waals surface area contributed by atoms with Crippen molar-refractivity contribution < 1.29 is 5.11 Å². The maximum absolute atomic E-state index is 10.3. The van der Waals surface area contributed by atoms with Gasteiger partial charge in [-0.05, 0) is 24.6 Å². The summed E-state index contributed by atoms with van der Waals surface area (Å²) in [7, 11) is 0. The normalized spacial score (nSPS) is 12.7. The molecular weight excluding hydrogens is 262 g/mol. The van der Waals surface area contributed by atoms with Gasteiger partial charge in [-0.25, -0.2) is 0 Å². The molecule has 2 heterocycles.